The predicted molar refractivity (Wildman–Crippen MR) is 64.1 cm³/mol. The Morgan fingerprint density at radius 1 is 1.69 bits per heavy atom. The van der Waals surface area contributed by atoms with Gasteiger partial charge in [-0.05, 0) is 24.2 Å². The molecule has 1 rings (SSSR count). The van der Waals surface area contributed by atoms with Crippen LogP contribution < -0.4 is 5.32 Å². The lowest BCUT2D eigenvalue weighted by Gasteiger charge is -2.15. The van der Waals surface area contributed by atoms with Gasteiger partial charge in [-0.2, -0.15) is 11.8 Å². The molecule has 0 aromatic carbocycles. The monoisotopic (exact) mass is 235 g/mol. The summed E-state index contributed by atoms with van der Waals surface area (Å²) in [6.07, 6.45) is 2.12. The highest BCUT2D eigenvalue weighted by Gasteiger charge is 2.13. The molecule has 0 fully saturated rings. The van der Waals surface area contributed by atoms with Crippen molar-refractivity contribution < 1.29 is 0 Å². The lowest BCUT2D eigenvalue weighted by atomic mass is 10.3. The molecule has 74 valence electrons. The molecule has 0 spiro atoms. The number of hydrogen-bond acceptors (Lipinski definition) is 3. The summed E-state index contributed by atoms with van der Waals surface area (Å²) in [5, 5.41) is 6.37. The molecule has 0 aliphatic carbocycles. The molecule has 1 heterocycles. The molecule has 0 saturated carbocycles. The number of halogens is 1. The number of rotatable bonds is 5. The summed E-state index contributed by atoms with van der Waals surface area (Å²) in [6, 6.07) is 2.37. The van der Waals surface area contributed by atoms with E-state index in [1.807, 2.05) is 23.2 Å². The van der Waals surface area contributed by atoms with Crippen LogP contribution in [0, 0.1) is 0 Å². The molecule has 0 saturated heterocycles. The third kappa shape index (κ3) is 3.17. The first-order valence-corrected chi connectivity index (χ1v) is 6.90. The maximum Gasteiger partial charge on any atom is 0.0561 e. The quantitative estimate of drug-likeness (QED) is 0.840. The third-order valence-electron chi connectivity index (χ3n) is 1.75. The minimum Gasteiger partial charge on any atom is -0.309 e. The second kappa shape index (κ2) is 5.91. The van der Waals surface area contributed by atoms with Gasteiger partial charge in [-0.25, -0.2) is 0 Å². The van der Waals surface area contributed by atoms with E-state index in [0.717, 1.165) is 17.3 Å². The van der Waals surface area contributed by atoms with Crippen molar-refractivity contribution in [2.24, 2.45) is 0 Å². The Labute approximate surface area is 92.9 Å². The first kappa shape index (κ1) is 11.4. The van der Waals surface area contributed by atoms with Crippen LogP contribution in [-0.4, -0.2) is 18.6 Å². The number of thioether (sulfide) groups is 1. The molecule has 1 aromatic rings. The largest absolute Gasteiger partial charge is 0.309 e. The summed E-state index contributed by atoms with van der Waals surface area (Å²) in [5.41, 5.74) is 0. The lowest BCUT2D eigenvalue weighted by molar-refractivity contribution is 0.615. The van der Waals surface area contributed by atoms with Gasteiger partial charge in [-0.3, -0.25) is 0 Å². The summed E-state index contributed by atoms with van der Waals surface area (Å²) >= 11 is 9.64. The lowest BCUT2D eigenvalue weighted by Crippen LogP contribution is -2.22. The highest BCUT2D eigenvalue weighted by Crippen LogP contribution is 2.30. The molecule has 0 radical (unpaired) electrons. The van der Waals surface area contributed by atoms with E-state index in [0.29, 0.717) is 6.04 Å². The molecule has 1 aromatic heterocycles. The SMILES string of the molecule is CCNC(CSC)c1sccc1Cl. The van der Waals surface area contributed by atoms with Crippen molar-refractivity contribution in [1.82, 2.24) is 5.32 Å². The van der Waals surface area contributed by atoms with Gasteiger partial charge in [0.2, 0.25) is 0 Å². The molecule has 1 atom stereocenters. The molecular formula is C9H14ClNS2. The normalized spacial score (nSPS) is 13.2. The molecule has 13 heavy (non-hydrogen) atoms. The minimum absolute atomic E-state index is 0.410. The Bertz CT molecular complexity index is 244. The van der Waals surface area contributed by atoms with Crippen LogP contribution in [0.5, 0.6) is 0 Å². The molecule has 1 N–H and O–H groups in total. The van der Waals surface area contributed by atoms with Crippen molar-refractivity contribution in [3.05, 3.63) is 21.3 Å². The highest BCUT2D eigenvalue weighted by molar-refractivity contribution is 7.98. The maximum absolute atomic E-state index is 6.07. The van der Waals surface area contributed by atoms with Gasteiger partial charge in [0.05, 0.1) is 11.1 Å². The Balaban J connectivity index is 2.69. The van der Waals surface area contributed by atoms with Crippen LogP contribution in [0.25, 0.3) is 0 Å². The third-order valence-corrected chi connectivity index (χ3v) is 3.88. The zero-order chi connectivity index (χ0) is 9.68. The molecule has 0 aliphatic rings. The number of hydrogen-bond donors (Lipinski definition) is 1. The van der Waals surface area contributed by atoms with Crippen molar-refractivity contribution in [2.75, 3.05) is 18.6 Å². The Hall–Kier alpha value is 0.300. The maximum atomic E-state index is 6.07. The van der Waals surface area contributed by atoms with Gasteiger partial charge < -0.3 is 5.32 Å². The van der Waals surface area contributed by atoms with Crippen molar-refractivity contribution in [3.63, 3.8) is 0 Å². The molecular weight excluding hydrogens is 222 g/mol. The van der Waals surface area contributed by atoms with Crippen LogP contribution >= 0.6 is 34.7 Å². The molecule has 0 bridgehead atoms. The first-order chi connectivity index (χ1) is 6.29. The fourth-order valence-electron chi connectivity index (χ4n) is 1.19. The minimum atomic E-state index is 0.410. The van der Waals surface area contributed by atoms with E-state index in [1.54, 1.807) is 11.3 Å². The second-order valence-corrected chi connectivity index (χ2v) is 4.96. The van der Waals surface area contributed by atoms with Gasteiger partial charge in [-0.15, -0.1) is 11.3 Å². The molecule has 4 heteroatoms. The summed E-state index contributed by atoms with van der Waals surface area (Å²) in [7, 11) is 0. The van der Waals surface area contributed by atoms with Crippen LogP contribution in [-0.2, 0) is 0 Å². The fourth-order valence-corrected chi connectivity index (χ4v) is 3.18. The van der Waals surface area contributed by atoms with Crippen molar-refractivity contribution in [2.45, 2.75) is 13.0 Å². The molecule has 1 unspecified atom stereocenters. The highest BCUT2D eigenvalue weighted by atomic mass is 35.5. The van der Waals surface area contributed by atoms with Crippen molar-refractivity contribution in [3.8, 4) is 0 Å². The Kier molecular flexibility index (Phi) is 5.17. The van der Waals surface area contributed by atoms with E-state index in [1.165, 1.54) is 4.88 Å². The summed E-state index contributed by atoms with van der Waals surface area (Å²) in [5.74, 6) is 1.08. The Morgan fingerprint density at radius 3 is 2.92 bits per heavy atom. The van der Waals surface area contributed by atoms with Crippen LogP contribution in [0.15, 0.2) is 11.4 Å². The molecule has 1 nitrogen and oxygen atoms in total. The smallest absolute Gasteiger partial charge is 0.0561 e. The standard InChI is InChI=1S/C9H14ClNS2/c1-3-11-8(6-12-2)9-7(10)4-5-13-9/h4-5,8,11H,3,6H2,1-2H3. The average Bonchev–Trinajstić information content (AvgIpc) is 2.51. The van der Waals surface area contributed by atoms with Crippen LogP contribution in [0.1, 0.15) is 17.8 Å². The van der Waals surface area contributed by atoms with Gasteiger partial charge in [0.1, 0.15) is 0 Å². The van der Waals surface area contributed by atoms with Crippen LogP contribution in [0.3, 0.4) is 0 Å². The van der Waals surface area contributed by atoms with E-state index in [2.05, 4.69) is 18.5 Å². The Morgan fingerprint density at radius 2 is 2.46 bits per heavy atom. The molecule has 0 amide bonds. The zero-order valence-electron chi connectivity index (χ0n) is 7.84. The average molecular weight is 236 g/mol. The summed E-state index contributed by atoms with van der Waals surface area (Å²) < 4.78 is 0. The second-order valence-electron chi connectivity index (χ2n) is 2.70. The summed E-state index contributed by atoms with van der Waals surface area (Å²) in [4.78, 5) is 1.26. The van der Waals surface area contributed by atoms with Crippen molar-refractivity contribution in [1.29, 1.82) is 0 Å². The van der Waals surface area contributed by atoms with E-state index in [9.17, 15) is 0 Å². The van der Waals surface area contributed by atoms with Gasteiger partial charge in [-0.1, -0.05) is 18.5 Å². The van der Waals surface area contributed by atoms with Gasteiger partial charge >= 0.3 is 0 Å². The fraction of sp³-hybridized carbons (Fsp3) is 0.556. The van der Waals surface area contributed by atoms with E-state index >= 15 is 0 Å². The zero-order valence-corrected chi connectivity index (χ0v) is 10.2. The molecule has 0 aliphatic heterocycles. The van der Waals surface area contributed by atoms with Gasteiger partial charge in [0, 0.05) is 10.6 Å². The number of nitrogens with one attached hydrogen (secondary N) is 1. The van der Waals surface area contributed by atoms with Crippen LogP contribution in [0.2, 0.25) is 5.02 Å². The van der Waals surface area contributed by atoms with E-state index < -0.39 is 0 Å². The first-order valence-electron chi connectivity index (χ1n) is 4.24. The number of thiophene rings is 1. The predicted octanol–water partition coefficient (Wildman–Crippen LogP) is 3.42. The van der Waals surface area contributed by atoms with E-state index in [-0.39, 0.29) is 0 Å². The summed E-state index contributed by atoms with van der Waals surface area (Å²) in [6.45, 7) is 3.11. The topological polar surface area (TPSA) is 12.0 Å². The van der Waals surface area contributed by atoms with Gasteiger partial charge in [0.15, 0.2) is 0 Å². The van der Waals surface area contributed by atoms with Gasteiger partial charge in [0.25, 0.3) is 0 Å². The van der Waals surface area contributed by atoms with Crippen LogP contribution in [0.4, 0.5) is 0 Å². The van der Waals surface area contributed by atoms with Crippen molar-refractivity contribution >= 4 is 34.7 Å². The van der Waals surface area contributed by atoms with E-state index in [4.69, 9.17) is 11.6 Å².